The first-order valence-corrected chi connectivity index (χ1v) is 5.44. The SMILES string of the molecule is CC(C)(C)c1ccc2c(c1)NC(C#N)CO2. The van der Waals surface area contributed by atoms with Crippen molar-refractivity contribution in [2.75, 3.05) is 11.9 Å². The predicted molar refractivity (Wildman–Crippen MR) is 63.7 cm³/mol. The highest BCUT2D eigenvalue weighted by atomic mass is 16.5. The first-order chi connectivity index (χ1) is 7.50. The van der Waals surface area contributed by atoms with E-state index in [1.54, 1.807) is 0 Å². The fraction of sp³-hybridized carbons (Fsp3) is 0.462. The van der Waals surface area contributed by atoms with Crippen LogP contribution in [0, 0.1) is 11.3 Å². The van der Waals surface area contributed by atoms with Gasteiger partial charge in [-0.1, -0.05) is 26.8 Å². The van der Waals surface area contributed by atoms with Gasteiger partial charge in [0.1, 0.15) is 18.4 Å². The second-order valence-electron chi connectivity index (χ2n) is 5.10. The lowest BCUT2D eigenvalue weighted by Crippen LogP contribution is -2.30. The molecule has 0 spiro atoms. The number of nitriles is 1. The van der Waals surface area contributed by atoms with Crippen molar-refractivity contribution >= 4 is 5.69 Å². The van der Waals surface area contributed by atoms with Crippen molar-refractivity contribution in [2.45, 2.75) is 32.2 Å². The van der Waals surface area contributed by atoms with Crippen LogP contribution < -0.4 is 10.1 Å². The van der Waals surface area contributed by atoms with E-state index in [2.05, 4.69) is 44.3 Å². The lowest BCUT2D eigenvalue weighted by atomic mass is 9.86. The molecule has 1 heterocycles. The molecule has 0 fully saturated rings. The van der Waals surface area contributed by atoms with Crippen LogP contribution in [0.25, 0.3) is 0 Å². The molecular formula is C13H16N2O. The maximum absolute atomic E-state index is 8.85. The van der Waals surface area contributed by atoms with Crippen LogP contribution in [0.2, 0.25) is 0 Å². The number of hydrogen-bond acceptors (Lipinski definition) is 3. The molecule has 0 aliphatic carbocycles. The van der Waals surface area contributed by atoms with Crippen LogP contribution in [0.4, 0.5) is 5.69 Å². The van der Waals surface area contributed by atoms with Crippen molar-refractivity contribution in [2.24, 2.45) is 0 Å². The van der Waals surface area contributed by atoms with E-state index in [0.717, 1.165) is 11.4 Å². The van der Waals surface area contributed by atoms with Crippen LogP contribution in [0.1, 0.15) is 26.3 Å². The second kappa shape index (κ2) is 3.71. The van der Waals surface area contributed by atoms with Gasteiger partial charge in [0, 0.05) is 0 Å². The molecule has 1 aliphatic heterocycles. The van der Waals surface area contributed by atoms with Gasteiger partial charge < -0.3 is 10.1 Å². The zero-order valence-corrected chi connectivity index (χ0v) is 9.87. The zero-order valence-electron chi connectivity index (χ0n) is 9.87. The molecule has 84 valence electrons. The summed E-state index contributed by atoms with van der Waals surface area (Å²) in [6.45, 7) is 6.92. The summed E-state index contributed by atoms with van der Waals surface area (Å²) in [5.74, 6) is 0.833. The molecule has 0 aromatic heterocycles. The maximum Gasteiger partial charge on any atom is 0.149 e. The number of hydrogen-bond donors (Lipinski definition) is 1. The molecule has 16 heavy (non-hydrogen) atoms. The zero-order chi connectivity index (χ0) is 11.8. The monoisotopic (exact) mass is 216 g/mol. The molecule has 1 aromatic carbocycles. The number of ether oxygens (including phenoxy) is 1. The van der Waals surface area contributed by atoms with E-state index in [1.807, 2.05) is 6.07 Å². The topological polar surface area (TPSA) is 45.0 Å². The summed E-state index contributed by atoms with van der Waals surface area (Å²) in [5, 5.41) is 12.0. The van der Waals surface area contributed by atoms with Gasteiger partial charge in [-0.2, -0.15) is 5.26 Å². The Balaban J connectivity index is 2.35. The third-order valence-electron chi connectivity index (χ3n) is 2.74. The standard InChI is InChI=1S/C13H16N2O/c1-13(2,3)9-4-5-12-11(6-9)15-10(7-14)8-16-12/h4-6,10,15H,8H2,1-3H3. The molecule has 1 unspecified atom stereocenters. The quantitative estimate of drug-likeness (QED) is 0.725. The highest BCUT2D eigenvalue weighted by Crippen LogP contribution is 2.33. The third-order valence-corrected chi connectivity index (χ3v) is 2.74. The Bertz CT molecular complexity index is 440. The van der Waals surface area contributed by atoms with Crippen molar-refractivity contribution < 1.29 is 4.74 Å². The molecule has 1 N–H and O–H groups in total. The van der Waals surface area contributed by atoms with Gasteiger partial charge in [0.25, 0.3) is 0 Å². The van der Waals surface area contributed by atoms with Gasteiger partial charge in [-0.3, -0.25) is 0 Å². The molecule has 0 saturated heterocycles. The fourth-order valence-electron chi connectivity index (χ4n) is 1.71. The van der Waals surface area contributed by atoms with Gasteiger partial charge in [-0.15, -0.1) is 0 Å². The van der Waals surface area contributed by atoms with E-state index >= 15 is 0 Å². The molecule has 0 amide bonds. The Morgan fingerprint density at radius 3 is 2.81 bits per heavy atom. The lowest BCUT2D eigenvalue weighted by molar-refractivity contribution is 0.303. The predicted octanol–water partition coefficient (Wildman–Crippen LogP) is 2.68. The number of fused-ring (bicyclic) bond motifs is 1. The lowest BCUT2D eigenvalue weighted by Gasteiger charge is -2.26. The second-order valence-corrected chi connectivity index (χ2v) is 5.10. The van der Waals surface area contributed by atoms with Gasteiger partial charge >= 0.3 is 0 Å². The van der Waals surface area contributed by atoms with Gasteiger partial charge in [0.2, 0.25) is 0 Å². The summed E-state index contributed by atoms with van der Waals surface area (Å²) in [6, 6.07) is 8.03. The van der Waals surface area contributed by atoms with Crippen LogP contribution in [0.3, 0.4) is 0 Å². The molecule has 0 bridgehead atoms. The van der Waals surface area contributed by atoms with Crippen LogP contribution in [0.5, 0.6) is 5.75 Å². The molecule has 2 rings (SSSR count). The minimum absolute atomic E-state index is 0.107. The number of anilines is 1. The molecule has 0 saturated carbocycles. The molecule has 0 radical (unpaired) electrons. The van der Waals surface area contributed by atoms with E-state index in [0.29, 0.717) is 6.61 Å². The number of nitrogens with one attached hydrogen (secondary N) is 1. The van der Waals surface area contributed by atoms with Gasteiger partial charge in [-0.05, 0) is 23.1 Å². The third kappa shape index (κ3) is 1.96. The highest BCUT2D eigenvalue weighted by molar-refractivity contribution is 5.61. The average molecular weight is 216 g/mol. The van der Waals surface area contributed by atoms with Gasteiger partial charge in [-0.25, -0.2) is 0 Å². The Morgan fingerprint density at radius 1 is 1.44 bits per heavy atom. The summed E-state index contributed by atoms with van der Waals surface area (Å²) in [7, 11) is 0. The van der Waals surface area contributed by atoms with Crippen molar-refractivity contribution in [1.82, 2.24) is 0 Å². The Hall–Kier alpha value is -1.69. The number of benzene rings is 1. The van der Waals surface area contributed by atoms with E-state index in [1.165, 1.54) is 5.56 Å². The van der Waals surface area contributed by atoms with E-state index in [-0.39, 0.29) is 11.5 Å². The number of rotatable bonds is 0. The summed E-state index contributed by atoms with van der Waals surface area (Å²) < 4.78 is 5.51. The van der Waals surface area contributed by atoms with Crippen molar-refractivity contribution in [3.8, 4) is 11.8 Å². The fourth-order valence-corrected chi connectivity index (χ4v) is 1.71. The molecule has 3 heteroatoms. The molecule has 1 atom stereocenters. The van der Waals surface area contributed by atoms with Crippen LogP contribution in [-0.4, -0.2) is 12.6 Å². The Morgan fingerprint density at radius 2 is 2.19 bits per heavy atom. The minimum atomic E-state index is -0.247. The summed E-state index contributed by atoms with van der Waals surface area (Å²) >= 11 is 0. The minimum Gasteiger partial charge on any atom is -0.488 e. The van der Waals surface area contributed by atoms with Crippen LogP contribution in [0.15, 0.2) is 18.2 Å². The highest BCUT2D eigenvalue weighted by Gasteiger charge is 2.21. The van der Waals surface area contributed by atoms with Gasteiger partial charge in [0.05, 0.1) is 11.8 Å². The molecule has 1 aromatic rings. The van der Waals surface area contributed by atoms with E-state index in [4.69, 9.17) is 10.00 Å². The first-order valence-electron chi connectivity index (χ1n) is 5.44. The summed E-state index contributed by atoms with van der Waals surface area (Å²) in [5.41, 5.74) is 2.27. The van der Waals surface area contributed by atoms with E-state index in [9.17, 15) is 0 Å². The Labute approximate surface area is 96.0 Å². The molecule has 1 aliphatic rings. The van der Waals surface area contributed by atoms with Crippen molar-refractivity contribution in [1.29, 1.82) is 5.26 Å². The van der Waals surface area contributed by atoms with Gasteiger partial charge in [0.15, 0.2) is 0 Å². The van der Waals surface area contributed by atoms with Crippen molar-refractivity contribution in [3.05, 3.63) is 23.8 Å². The summed E-state index contributed by atoms with van der Waals surface area (Å²) in [4.78, 5) is 0. The molecule has 3 nitrogen and oxygen atoms in total. The Kier molecular flexibility index (Phi) is 2.51. The largest absolute Gasteiger partial charge is 0.488 e. The smallest absolute Gasteiger partial charge is 0.149 e. The van der Waals surface area contributed by atoms with Crippen molar-refractivity contribution in [3.63, 3.8) is 0 Å². The van der Waals surface area contributed by atoms with Crippen LogP contribution >= 0.6 is 0 Å². The summed E-state index contributed by atoms with van der Waals surface area (Å²) in [6.07, 6.45) is 0. The van der Waals surface area contributed by atoms with Crippen LogP contribution in [-0.2, 0) is 5.41 Å². The molecular weight excluding hydrogens is 200 g/mol. The first kappa shape index (κ1) is 10.8. The normalized spacial score (nSPS) is 19.0. The number of nitrogens with zero attached hydrogens (tertiary/aromatic N) is 1. The van der Waals surface area contributed by atoms with E-state index < -0.39 is 0 Å². The maximum atomic E-state index is 8.85. The average Bonchev–Trinajstić information content (AvgIpc) is 2.26.